The number of amides is 1. The second-order valence-electron chi connectivity index (χ2n) is 4.70. The minimum atomic E-state index is -0.443. The smallest absolute Gasteiger partial charge is 0.410 e. The number of carbonyl (C=O) groups excluding carboxylic acids is 1. The molecule has 0 saturated heterocycles. The van der Waals surface area contributed by atoms with Crippen molar-refractivity contribution in [3.05, 3.63) is 71.4 Å². The van der Waals surface area contributed by atoms with Gasteiger partial charge >= 0.3 is 6.09 Å². The Labute approximate surface area is 117 Å². The van der Waals surface area contributed by atoms with Crippen LogP contribution in [-0.2, 0) is 6.42 Å². The van der Waals surface area contributed by atoms with Crippen LogP contribution in [0.5, 0.6) is 5.75 Å². The zero-order valence-electron chi connectivity index (χ0n) is 11.0. The van der Waals surface area contributed by atoms with Gasteiger partial charge in [-0.2, -0.15) is 0 Å². The third kappa shape index (κ3) is 2.88. The molecule has 1 aliphatic rings. The lowest BCUT2D eigenvalue weighted by Gasteiger charge is -2.16. The molecule has 3 rings (SSSR count). The summed E-state index contributed by atoms with van der Waals surface area (Å²) in [6, 6.07) is 17.3. The Morgan fingerprint density at radius 1 is 0.950 bits per heavy atom. The summed E-state index contributed by atoms with van der Waals surface area (Å²) in [6.07, 6.45) is 3.32. The van der Waals surface area contributed by atoms with E-state index in [-0.39, 0.29) is 0 Å². The van der Waals surface area contributed by atoms with Crippen LogP contribution in [0.4, 0.5) is 4.79 Å². The van der Waals surface area contributed by atoms with Gasteiger partial charge in [0.25, 0.3) is 0 Å². The number of hydrogen-bond donors (Lipinski definition) is 1. The van der Waals surface area contributed by atoms with Crippen molar-refractivity contribution in [2.75, 3.05) is 0 Å². The molecule has 3 heteroatoms. The van der Waals surface area contributed by atoms with Crippen LogP contribution in [0.25, 0.3) is 6.08 Å². The third-order valence-electron chi connectivity index (χ3n) is 3.26. The van der Waals surface area contributed by atoms with Gasteiger partial charge in [0.15, 0.2) is 0 Å². The van der Waals surface area contributed by atoms with E-state index in [1.807, 2.05) is 36.4 Å². The summed E-state index contributed by atoms with van der Waals surface area (Å²) in [4.78, 5) is 11.8. The highest BCUT2D eigenvalue weighted by atomic mass is 16.6. The van der Waals surface area contributed by atoms with E-state index in [0.29, 0.717) is 5.75 Å². The second-order valence-corrected chi connectivity index (χ2v) is 4.70. The van der Waals surface area contributed by atoms with Gasteiger partial charge in [-0.3, -0.25) is 5.32 Å². The van der Waals surface area contributed by atoms with Crippen LogP contribution in [0, 0.1) is 0 Å². The van der Waals surface area contributed by atoms with Crippen LogP contribution in [-0.4, -0.2) is 6.09 Å². The maximum absolute atomic E-state index is 11.8. The zero-order valence-corrected chi connectivity index (χ0v) is 11.0. The molecule has 0 unspecified atom stereocenters. The first-order valence-electron chi connectivity index (χ1n) is 6.63. The first-order chi connectivity index (χ1) is 9.81. The fraction of sp³-hybridized carbons (Fsp3) is 0.118. The van der Waals surface area contributed by atoms with Crippen LogP contribution in [0.3, 0.4) is 0 Å². The molecule has 1 N–H and O–H groups in total. The Bertz CT molecular complexity index is 647. The molecule has 3 nitrogen and oxygen atoms in total. The molecule has 1 aliphatic carbocycles. The van der Waals surface area contributed by atoms with E-state index < -0.39 is 6.09 Å². The number of nitrogens with one attached hydrogen (secondary N) is 1. The Morgan fingerprint density at radius 2 is 1.70 bits per heavy atom. The summed E-state index contributed by atoms with van der Waals surface area (Å²) in [5, 5.41) is 2.81. The number of hydrogen-bond acceptors (Lipinski definition) is 2. The third-order valence-corrected chi connectivity index (χ3v) is 3.26. The van der Waals surface area contributed by atoms with Gasteiger partial charge in [0.1, 0.15) is 5.75 Å². The lowest BCUT2D eigenvalue weighted by Crippen LogP contribution is -2.27. The molecule has 100 valence electrons. The molecule has 2 aromatic carbocycles. The van der Waals surface area contributed by atoms with Gasteiger partial charge in [-0.1, -0.05) is 42.5 Å². The lowest BCUT2D eigenvalue weighted by atomic mass is 9.95. The van der Waals surface area contributed by atoms with E-state index in [1.165, 1.54) is 5.56 Å². The van der Waals surface area contributed by atoms with Crippen molar-refractivity contribution in [1.29, 1.82) is 0 Å². The van der Waals surface area contributed by atoms with E-state index in [9.17, 15) is 4.79 Å². The van der Waals surface area contributed by atoms with E-state index in [4.69, 9.17) is 4.74 Å². The highest BCUT2D eigenvalue weighted by Gasteiger charge is 2.12. The minimum Gasteiger partial charge on any atom is -0.410 e. The summed E-state index contributed by atoms with van der Waals surface area (Å²) in [5.41, 5.74) is 3.37. The first kappa shape index (κ1) is 12.5. The molecule has 0 aromatic heterocycles. The maximum atomic E-state index is 11.8. The molecule has 0 fully saturated rings. The molecule has 0 spiro atoms. The molecular formula is C17H15NO2. The predicted molar refractivity (Wildman–Crippen MR) is 78.3 cm³/mol. The van der Waals surface area contributed by atoms with E-state index in [2.05, 4.69) is 17.4 Å². The van der Waals surface area contributed by atoms with Crippen molar-refractivity contribution in [3.63, 3.8) is 0 Å². The van der Waals surface area contributed by atoms with Crippen molar-refractivity contribution in [2.24, 2.45) is 0 Å². The van der Waals surface area contributed by atoms with Crippen LogP contribution >= 0.6 is 0 Å². The molecule has 0 aliphatic heterocycles. The van der Waals surface area contributed by atoms with Crippen LogP contribution in [0.1, 0.15) is 17.5 Å². The van der Waals surface area contributed by atoms with Crippen LogP contribution in [0.2, 0.25) is 0 Å². The number of para-hydroxylation sites is 1. The zero-order chi connectivity index (χ0) is 13.8. The average molecular weight is 265 g/mol. The van der Waals surface area contributed by atoms with Crippen molar-refractivity contribution in [1.82, 2.24) is 5.32 Å². The molecule has 0 atom stereocenters. The number of ether oxygens (including phenoxy) is 1. The van der Waals surface area contributed by atoms with Crippen LogP contribution < -0.4 is 10.1 Å². The van der Waals surface area contributed by atoms with Gasteiger partial charge in [0.2, 0.25) is 0 Å². The standard InChI is InChI=1S/C17H15NO2/c19-17(20-16-8-2-1-3-9-16)18-15-11-10-13-6-4-5-7-14(13)12-15/h1-9,12H,10-11H2,(H,18,19). The molecule has 1 amide bonds. The predicted octanol–water partition coefficient (Wildman–Crippen LogP) is 3.76. The monoisotopic (exact) mass is 265 g/mol. The van der Waals surface area contributed by atoms with Gasteiger partial charge in [0, 0.05) is 5.70 Å². The Balaban J connectivity index is 1.67. The molecular weight excluding hydrogens is 250 g/mol. The fourth-order valence-corrected chi connectivity index (χ4v) is 2.28. The van der Waals surface area contributed by atoms with Gasteiger partial charge in [-0.15, -0.1) is 0 Å². The van der Waals surface area contributed by atoms with E-state index in [1.54, 1.807) is 12.1 Å². The molecule has 0 bridgehead atoms. The summed E-state index contributed by atoms with van der Waals surface area (Å²) in [6.45, 7) is 0. The Kier molecular flexibility index (Phi) is 3.50. The van der Waals surface area contributed by atoms with Gasteiger partial charge in [-0.25, -0.2) is 4.79 Å². The van der Waals surface area contributed by atoms with Crippen molar-refractivity contribution >= 4 is 12.2 Å². The highest BCUT2D eigenvalue weighted by Crippen LogP contribution is 2.22. The molecule has 20 heavy (non-hydrogen) atoms. The molecule has 0 saturated carbocycles. The molecule has 0 heterocycles. The first-order valence-corrected chi connectivity index (χ1v) is 6.63. The lowest BCUT2D eigenvalue weighted by molar-refractivity contribution is 0.203. The SMILES string of the molecule is O=C(NC1=Cc2ccccc2CC1)Oc1ccccc1. The summed E-state index contributed by atoms with van der Waals surface area (Å²) in [5.74, 6) is 0.543. The molecule has 0 radical (unpaired) electrons. The molecule has 2 aromatic rings. The van der Waals surface area contributed by atoms with E-state index >= 15 is 0 Å². The van der Waals surface area contributed by atoms with Gasteiger partial charge in [-0.05, 0) is 42.2 Å². The number of allylic oxidation sites excluding steroid dienone is 1. The Morgan fingerprint density at radius 3 is 2.55 bits per heavy atom. The summed E-state index contributed by atoms with van der Waals surface area (Å²) < 4.78 is 5.21. The maximum Gasteiger partial charge on any atom is 0.416 e. The van der Waals surface area contributed by atoms with Gasteiger partial charge < -0.3 is 4.74 Å². The second kappa shape index (κ2) is 5.61. The number of aryl methyl sites for hydroxylation is 1. The summed E-state index contributed by atoms with van der Waals surface area (Å²) >= 11 is 0. The number of fused-ring (bicyclic) bond motifs is 1. The normalized spacial score (nSPS) is 13.1. The summed E-state index contributed by atoms with van der Waals surface area (Å²) in [7, 11) is 0. The van der Waals surface area contributed by atoms with Crippen LogP contribution in [0.15, 0.2) is 60.3 Å². The topological polar surface area (TPSA) is 38.3 Å². The highest BCUT2D eigenvalue weighted by molar-refractivity contribution is 5.75. The average Bonchev–Trinajstić information content (AvgIpc) is 2.48. The minimum absolute atomic E-state index is 0.443. The fourth-order valence-electron chi connectivity index (χ4n) is 2.28. The largest absolute Gasteiger partial charge is 0.416 e. The van der Waals surface area contributed by atoms with Crippen molar-refractivity contribution in [2.45, 2.75) is 12.8 Å². The number of carbonyl (C=O) groups is 1. The number of rotatable bonds is 2. The quantitative estimate of drug-likeness (QED) is 0.897. The van der Waals surface area contributed by atoms with Crippen molar-refractivity contribution in [3.8, 4) is 5.75 Å². The Hall–Kier alpha value is -2.55. The number of benzene rings is 2. The van der Waals surface area contributed by atoms with E-state index in [0.717, 1.165) is 24.1 Å². The van der Waals surface area contributed by atoms with Gasteiger partial charge in [0.05, 0.1) is 0 Å². The van der Waals surface area contributed by atoms with Crippen molar-refractivity contribution < 1.29 is 9.53 Å².